The maximum absolute atomic E-state index is 13.3. The van der Waals surface area contributed by atoms with Crippen molar-refractivity contribution in [2.45, 2.75) is 6.04 Å². The predicted octanol–water partition coefficient (Wildman–Crippen LogP) is 4.04. The third kappa shape index (κ3) is 3.20. The topological polar surface area (TPSA) is 38.0 Å². The standard InChI is InChI=1S/C13H10Br2F2N2/c14-8-2-3-10(15)9(6-8)13(19-18)7-1-4-11(16)12(17)5-7/h1-6,13,19H,18H2. The zero-order valence-corrected chi connectivity index (χ0v) is 12.8. The number of hydrogen-bond acceptors (Lipinski definition) is 2. The lowest BCUT2D eigenvalue weighted by molar-refractivity contribution is 0.504. The largest absolute Gasteiger partial charge is 0.271 e. The minimum Gasteiger partial charge on any atom is -0.271 e. The number of hydrogen-bond donors (Lipinski definition) is 2. The summed E-state index contributed by atoms with van der Waals surface area (Å²) in [4.78, 5) is 0. The monoisotopic (exact) mass is 390 g/mol. The lowest BCUT2D eigenvalue weighted by Crippen LogP contribution is -2.29. The van der Waals surface area contributed by atoms with E-state index in [9.17, 15) is 8.78 Å². The molecule has 0 bridgehead atoms. The minimum atomic E-state index is -0.899. The molecule has 0 spiro atoms. The second-order valence-corrected chi connectivity index (χ2v) is 5.71. The molecule has 6 heteroatoms. The number of rotatable bonds is 3. The summed E-state index contributed by atoms with van der Waals surface area (Å²) >= 11 is 6.79. The van der Waals surface area contributed by atoms with Crippen LogP contribution in [-0.4, -0.2) is 0 Å². The van der Waals surface area contributed by atoms with Gasteiger partial charge in [-0.1, -0.05) is 37.9 Å². The zero-order valence-electron chi connectivity index (χ0n) is 9.63. The molecule has 0 radical (unpaired) electrons. The van der Waals surface area contributed by atoms with E-state index >= 15 is 0 Å². The van der Waals surface area contributed by atoms with Crippen molar-refractivity contribution >= 4 is 31.9 Å². The molecular formula is C13H10Br2F2N2. The Kier molecular flexibility index (Phi) is 4.67. The van der Waals surface area contributed by atoms with Crippen molar-refractivity contribution in [3.05, 3.63) is 68.1 Å². The van der Waals surface area contributed by atoms with Gasteiger partial charge in [0.25, 0.3) is 0 Å². The zero-order chi connectivity index (χ0) is 14.0. The summed E-state index contributed by atoms with van der Waals surface area (Å²) in [5, 5.41) is 0. The van der Waals surface area contributed by atoms with Crippen LogP contribution < -0.4 is 11.3 Å². The van der Waals surface area contributed by atoms with Crippen molar-refractivity contribution in [1.82, 2.24) is 5.43 Å². The van der Waals surface area contributed by atoms with E-state index in [4.69, 9.17) is 5.84 Å². The summed E-state index contributed by atoms with van der Waals surface area (Å²) in [6, 6.07) is 8.85. The fourth-order valence-electron chi connectivity index (χ4n) is 1.79. The summed E-state index contributed by atoms with van der Waals surface area (Å²) in [7, 11) is 0. The lowest BCUT2D eigenvalue weighted by atomic mass is 9.99. The summed E-state index contributed by atoms with van der Waals surface area (Å²) < 4.78 is 28.0. The maximum Gasteiger partial charge on any atom is 0.159 e. The van der Waals surface area contributed by atoms with Crippen LogP contribution >= 0.6 is 31.9 Å². The molecule has 2 nitrogen and oxygen atoms in total. The van der Waals surface area contributed by atoms with Gasteiger partial charge in [-0.05, 0) is 41.5 Å². The van der Waals surface area contributed by atoms with Crippen molar-refractivity contribution in [2.75, 3.05) is 0 Å². The van der Waals surface area contributed by atoms with Gasteiger partial charge in [-0.2, -0.15) is 0 Å². The highest BCUT2D eigenvalue weighted by atomic mass is 79.9. The van der Waals surface area contributed by atoms with Crippen LogP contribution in [0.3, 0.4) is 0 Å². The molecule has 0 aliphatic rings. The van der Waals surface area contributed by atoms with E-state index in [2.05, 4.69) is 37.3 Å². The predicted molar refractivity (Wildman–Crippen MR) is 77.4 cm³/mol. The number of nitrogens with two attached hydrogens (primary N) is 1. The Balaban J connectivity index is 2.49. The first-order chi connectivity index (χ1) is 9.02. The van der Waals surface area contributed by atoms with Gasteiger partial charge < -0.3 is 0 Å². The second kappa shape index (κ2) is 6.09. The highest BCUT2D eigenvalue weighted by molar-refractivity contribution is 9.11. The molecule has 2 aromatic carbocycles. The lowest BCUT2D eigenvalue weighted by Gasteiger charge is -2.19. The third-order valence-electron chi connectivity index (χ3n) is 2.71. The normalized spacial score (nSPS) is 12.5. The molecule has 0 aromatic heterocycles. The molecule has 19 heavy (non-hydrogen) atoms. The first-order valence-electron chi connectivity index (χ1n) is 5.39. The van der Waals surface area contributed by atoms with E-state index < -0.39 is 17.7 Å². The molecule has 0 heterocycles. The molecule has 3 N–H and O–H groups in total. The second-order valence-electron chi connectivity index (χ2n) is 3.94. The fraction of sp³-hybridized carbons (Fsp3) is 0.0769. The Hall–Kier alpha value is -0.820. The molecule has 0 amide bonds. The highest BCUT2D eigenvalue weighted by Gasteiger charge is 2.17. The van der Waals surface area contributed by atoms with Crippen molar-refractivity contribution in [2.24, 2.45) is 5.84 Å². The van der Waals surface area contributed by atoms with E-state index in [0.29, 0.717) is 5.56 Å². The molecule has 100 valence electrons. The van der Waals surface area contributed by atoms with Crippen LogP contribution in [0.4, 0.5) is 8.78 Å². The first kappa shape index (κ1) is 14.6. The van der Waals surface area contributed by atoms with Crippen molar-refractivity contribution in [3.8, 4) is 0 Å². The van der Waals surface area contributed by atoms with Crippen LogP contribution in [0, 0.1) is 11.6 Å². The molecule has 0 aliphatic carbocycles. The first-order valence-corrected chi connectivity index (χ1v) is 6.97. The van der Waals surface area contributed by atoms with Gasteiger partial charge in [-0.15, -0.1) is 0 Å². The average Bonchev–Trinajstić information content (AvgIpc) is 2.38. The summed E-state index contributed by atoms with van der Waals surface area (Å²) in [5.74, 6) is 3.76. The van der Waals surface area contributed by atoms with Gasteiger partial charge in [-0.3, -0.25) is 5.84 Å². The number of hydrazine groups is 1. The van der Waals surface area contributed by atoms with Crippen LogP contribution in [0.1, 0.15) is 17.2 Å². The van der Waals surface area contributed by atoms with Crippen LogP contribution in [0.15, 0.2) is 45.3 Å². The summed E-state index contributed by atoms with van der Waals surface area (Å²) in [6.45, 7) is 0. The molecule has 1 unspecified atom stereocenters. The van der Waals surface area contributed by atoms with Gasteiger partial charge in [0.1, 0.15) is 0 Å². The number of nitrogens with one attached hydrogen (secondary N) is 1. The molecule has 0 saturated carbocycles. The average molecular weight is 392 g/mol. The SMILES string of the molecule is NNC(c1ccc(F)c(F)c1)c1cc(Br)ccc1Br. The fourth-order valence-corrected chi connectivity index (χ4v) is 2.65. The molecule has 2 aromatic rings. The molecule has 0 saturated heterocycles. The quantitative estimate of drug-likeness (QED) is 0.612. The van der Waals surface area contributed by atoms with Gasteiger partial charge in [0, 0.05) is 8.95 Å². The van der Waals surface area contributed by atoms with Crippen LogP contribution in [-0.2, 0) is 0 Å². The van der Waals surface area contributed by atoms with Gasteiger partial charge in [0.15, 0.2) is 11.6 Å². The summed E-state index contributed by atoms with van der Waals surface area (Å²) in [5.41, 5.74) is 3.97. The molecule has 1 atom stereocenters. The van der Waals surface area contributed by atoms with E-state index in [1.165, 1.54) is 6.07 Å². The minimum absolute atomic E-state index is 0.443. The van der Waals surface area contributed by atoms with Gasteiger partial charge in [-0.25, -0.2) is 14.2 Å². The highest BCUT2D eigenvalue weighted by Crippen LogP contribution is 2.31. The van der Waals surface area contributed by atoms with E-state index in [0.717, 1.165) is 26.6 Å². The van der Waals surface area contributed by atoms with Crippen LogP contribution in [0.5, 0.6) is 0 Å². The smallest absolute Gasteiger partial charge is 0.159 e. The Morgan fingerprint density at radius 1 is 1.00 bits per heavy atom. The summed E-state index contributed by atoms with van der Waals surface area (Å²) in [6.07, 6.45) is 0. The van der Waals surface area contributed by atoms with Crippen LogP contribution in [0.2, 0.25) is 0 Å². The molecule has 2 rings (SSSR count). The Bertz CT molecular complexity index is 605. The van der Waals surface area contributed by atoms with Gasteiger partial charge >= 0.3 is 0 Å². The third-order valence-corrected chi connectivity index (χ3v) is 3.93. The van der Waals surface area contributed by atoms with E-state index in [-0.39, 0.29) is 0 Å². The molecular weight excluding hydrogens is 382 g/mol. The van der Waals surface area contributed by atoms with Crippen molar-refractivity contribution in [1.29, 1.82) is 0 Å². The Labute approximate surface area is 126 Å². The van der Waals surface area contributed by atoms with Crippen LogP contribution in [0.25, 0.3) is 0 Å². The van der Waals surface area contributed by atoms with Crippen molar-refractivity contribution in [3.63, 3.8) is 0 Å². The van der Waals surface area contributed by atoms with Crippen molar-refractivity contribution < 1.29 is 8.78 Å². The molecule has 0 aliphatic heterocycles. The Morgan fingerprint density at radius 2 is 1.74 bits per heavy atom. The Morgan fingerprint density at radius 3 is 2.37 bits per heavy atom. The van der Waals surface area contributed by atoms with Gasteiger partial charge in [0.2, 0.25) is 0 Å². The number of benzene rings is 2. The van der Waals surface area contributed by atoms with Gasteiger partial charge in [0.05, 0.1) is 6.04 Å². The van der Waals surface area contributed by atoms with E-state index in [1.54, 1.807) is 0 Å². The molecule has 0 fully saturated rings. The number of halogens is 4. The van der Waals surface area contributed by atoms with E-state index in [1.807, 2.05) is 18.2 Å². The maximum atomic E-state index is 13.3.